The molecule has 0 N–H and O–H groups in total. The molecule has 0 atom stereocenters. The van der Waals surface area contributed by atoms with E-state index in [1.807, 2.05) is 0 Å². The molecule has 0 aliphatic carbocycles. The zero-order valence-electron chi connectivity index (χ0n) is 9.73. The Morgan fingerprint density at radius 2 is 1.33 bits per heavy atom. The molecule has 0 unspecified atom stereocenters. The number of imidazole rings is 2. The van der Waals surface area contributed by atoms with Crippen LogP contribution in [0, 0.1) is 13.8 Å². The van der Waals surface area contributed by atoms with Crippen molar-refractivity contribution in [2.45, 2.75) is 13.8 Å². The Kier molecular flexibility index (Phi) is 3.09. The smallest absolute Gasteiger partial charge is 0.324 e. The Morgan fingerprint density at radius 3 is 1.61 bits per heavy atom. The first-order chi connectivity index (χ1) is 8.54. The molecule has 2 rings (SSSR count). The lowest BCUT2D eigenvalue weighted by Crippen LogP contribution is -2.33. The summed E-state index contributed by atoms with van der Waals surface area (Å²) in [7, 11) is 0. The quantitative estimate of drug-likeness (QED) is 0.655. The van der Waals surface area contributed by atoms with E-state index in [1.165, 1.54) is 25.0 Å². The fraction of sp³-hybridized carbons (Fsp3) is 0.200. The van der Waals surface area contributed by atoms with E-state index in [0.717, 1.165) is 9.46 Å². The van der Waals surface area contributed by atoms with Gasteiger partial charge < -0.3 is 9.68 Å². The summed E-state index contributed by atoms with van der Waals surface area (Å²) in [4.78, 5) is 39.7. The van der Waals surface area contributed by atoms with E-state index in [-0.39, 0.29) is 0 Å². The molecule has 0 spiro atoms. The lowest BCUT2D eigenvalue weighted by Gasteiger charge is -2.03. The lowest BCUT2D eigenvalue weighted by molar-refractivity contribution is -0.168. The average molecular weight is 250 g/mol. The fourth-order valence-electron chi connectivity index (χ4n) is 1.16. The maximum atomic E-state index is 11.4. The van der Waals surface area contributed by atoms with E-state index in [2.05, 4.69) is 19.6 Å². The molecule has 8 heteroatoms. The van der Waals surface area contributed by atoms with Crippen LogP contribution in [0.15, 0.2) is 25.0 Å². The topological polar surface area (TPSA) is 88.2 Å². The molecule has 2 aromatic heterocycles. The molecule has 0 amide bonds. The third kappa shape index (κ3) is 2.73. The summed E-state index contributed by atoms with van der Waals surface area (Å²) in [5.41, 5.74) is 1.31. The van der Waals surface area contributed by atoms with E-state index in [4.69, 9.17) is 0 Å². The summed E-state index contributed by atoms with van der Waals surface area (Å²) in [5.74, 6) is -2.31. The molecule has 0 saturated heterocycles. The Morgan fingerprint density at radius 1 is 0.944 bits per heavy atom. The first kappa shape index (κ1) is 11.8. The van der Waals surface area contributed by atoms with Gasteiger partial charge in [0, 0.05) is 0 Å². The summed E-state index contributed by atoms with van der Waals surface area (Å²) in [6.45, 7) is 3.44. The van der Waals surface area contributed by atoms with Crippen LogP contribution in [0.5, 0.6) is 0 Å². The van der Waals surface area contributed by atoms with Gasteiger partial charge in [-0.3, -0.25) is 0 Å². The monoisotopic (exact) mass is 250 g/mol. The highest BCUT2D eigenvalue weighted by atomic mass is 16.7. The zero-order chi connectivity index (χ0) is 13.1. The second-order valence-corrected chi connectivity index (χ2v) is 3.51. The molecule has 0 aliphatic heterocycles. The first-order valence-electron chi connectivity index (χ1n) is 5.01. The molecule has 18 heavy (non-hydrogen) atoms. The first-order valence-corrected chi connectivity index (χ1v) is 5.01. The van der Waals surface area contributed by atoms with Crippen LogP contribution in [0.2, 0.25) is 0 Å². The highest BCUT2D eigenvalue weighted by Gasteiger charge is 2.20. The molecule has 0 radical (unpaired) electrons. The maximum absolute atomic E-state index is 11.4. The van der Waals surface area contributed by atoms with Gasteiger partial charge in [-0.1, -0.05) is 0 Å². The van der Waals surface area contributed by atoms with Crippen LogP contribution in [0.25, 0.3) is 0 Å². The van der Waals surface area contributed by atoms with Gasteiger partial charge in [0.25, 0.3) is 0 Å². The minimum absolute atomic E-state index is 0.654. The van der Waals surface area contributed by atoms with Crippen molar-refractivity contribution in [1.29, 1.82) is 0 Å². The van der Waals surface area contributed by atoms with E-state index in [1.54, 1.807) is 13.8 Å². The van der Waals surface area contributed by atoms with E-state index < -0.39 is 11.9 Å². The van der Waals surface area contributed by atoms with Crippen LogP contribution in [-0.4, -0.2) is 31.4 Å². The number of nitrogens with zero attached hydrogens (tertiary/aromatic N) is 4. The second kappa shape index (κ2) is 4.70. The third-order valence-electron chi connectivity index (χ3n) is 1.92. The predicted molar refractivity (Wildman–Crippen MR) is 57.1 cm³/mol. The van der Waals surface area contributed by atoms with Crippen LogP contribution in [0.1, 0.15) is 11.4 Å². The average Bonchev–Trinajstić information content (AvgIpc) is 2.88. The lowest BCUT2D eigenvalue weighted by atomic mass is 10.6. The Hall–Kier alpha value is -2.64. The largest absolute Gasteiger partial charge is 0.444 e. The summed E-state index contributed by atoms with van der Waals surface area (Å²) in [6, 6.07) is 0. The molecule has 94 valence electrons. The highest BCUT2D eigenvalue weighted by molar-refractivity contribution is 6.29. The Balaban J connectivity index is 1.95. The third-order valence-corrected chi connectivity index (χ3v) is 1.92. The van der Waals surface area contributed by atoms with Crippen LogP contribution in [-0.2, 0) is 9.59 Å². The number of hydrogen-bond donors (Lipinski definition) is 0. The van der Waals surface area contributed by atoms with Gasteiger partial charge >= 0.3 is 11.9 Å². The molecule has 8 nitrogen and oxygen atoms in total. The second-order valence-electron chi connectivity index (χ2n) is 3.51. The van der Waals surface area contributed by atoms with Crippen molar-refractivity contribution < 1.29 is 19.3 Å². The van der Waals surface area contributed by atoms with Crippen molar-refractivity contribution in [3.05, 3.63) is 36.4 Å². The van der Waals surface area contributed by atoms with Crippen molar-refractivity contribution in [3.63, 3.8) is 0 Å². The van der Waals surface area contributed by atoms with Gasteiger partial charge in [-0.25, -0.2) is 19.6 Å². The number of carbonyl (C=O) groups is 2. The Labute approximate surface area is 102 Å². The van der Waals surface area contributed by atoms with Crippen LogP contribution < -0.4 is 9.68 Å². The molecule has 2 aromatic rings. The number of rotatable bonds is 2. The van der Waals surface area contributed by atoms with Crippen molar-refractivity contribution in [1.82, 2.24) is 19.4 Å². The summed E-state index contributed by atoms with van der Waals surface area (Å²) >= 11 is 0. The van der Waals surface area contributed by atoms with Crippen LogP contribution in [0.4, 0.5) is 0 Å². The van der Waals surface area contributed by atoms with Gasteiger partial charge in [0.1, 0.15) is 12.7 Å². The minimum atomic E-state index is -1.15. The van der Waals surface area contributed by atoms with E-state index in [9.17, 15) is 9.59 Å². The zero-order valence-corrected chi connectivity index (χ0v) is 9.73. The van der Waals surface area contributed by atoms with Gasteiger partial charge in [-0.2, -0.15) is 9.46 Å². The molecule has 0 aliphatic rings. The SMILES string of the molecule is Cc1cn(OC(=O)C(=O)On2cnc(C)c2)cn1. The normalized spacial score (nSPS) is 10.1. The maximum Gasteiger partial charge on any atom is 0.444 e. The summed E-state index contributed by atoms with van der Waals surface area (Å²) in [6.07, 6.45) is 5.43. The van der Waals surface area contributed by atoms with Gasteiger partial charge in [0.05, 0.1) is 23.8 Å². The van der Waals surface area contributed by atoms with Crippen molar-refractivity contribution in [2.24, 2.45) is 0 Å². The number of aryl methyl sites for hydroxylation is 2. The van der Waals surface area contributed by atoms with Gasteiger partial charge in [-0.05, 0) is 13.8 Å². The minimum Gasteiger partial charge on any atom is -0.324 e. The molecule has 0 fully saturated rings. The highest BCUT2D eigenvalue weighted by Crippen LogP contribution is 1.92. The number of aromatic nitrogens is 4. The van der Waals surface area contributed by atoms with E-state index in [0.29, 0.717) is 11.4 Å². The van der Waals surface area contributed by atoms with Crippen LogP contribution in [0.3, 0.4) is 0 Å². The summed E-state index contributed by atoms with van der Waals surface area (Å²) < 4.78 is 2.05. The predicted octanol–water partition coefficient (Wildman–Crippen LogP) is -0.693. The molecular weight excluding hydrogens is 240 g/mol. The standard InChI is InChI=1S/C10H10N4O4/c1-7-3-13(5-11-7)17-9(15)10(16)18-14-4-8(2)12-6-14/h3-6H,1-2H3. The van der Waals surface area contributed by atoms with E-state index >= 15 is 0 Å². The molecule has 0 bridgehead atoms. The van der Waals surface area contributed by atoms with Crippen molar-refractivity contribution in [2.75, 3.05) is 0 Å². The van der Waals surface area contributed by atoms with Crippen LogP contribution >= 0.6 is 0 Å². The molecule has 0 saturated carbocycles. The van der Waals surface area contributed by atoms with Gasteiger partial charge in [0.15, 0.2) is 0 Å². The Bertz CT molecular complexity index is 534. The van der Waals surface area contributed by atoms with Crippen molar-refractivity contribution >= 4 is 11.9 Å². The summed E-state index contributed by atoms with van der Waals surface area (Å²) in [5, 5.41) is 0. The fourth-order valence-corrected chi connectivity index (χ4v) is 1.16. The van der Waals surface area contributed by atoms with Crippen molar-refractivity contribution in [3.8, 4) is 0 Å². The number of carbonyl (C=O) groups excluding carboxylic acids is 2. The van der Waals surface area contributed by atoms with Gasteiger partial charge in [-0.15, -0.1) is 0 Å². The molecular formula is C10H10N4O4. The molecule has 0 aromatic carbocycles. The van der Waals surface area contributed by atoms with Gasteiger partial charge in [0.2, 0.25) is 0 Å². The number of hydrogen-bond acceptors (Lipinski definition) is 6. The molecule has 2 heterocycles.